The fourth-order valence-corrected chi connectivity index (χ4v) is 7.68. The summed E-state index contributed by atoms with van der Waals surface area (Å²) in [5.41, 5.74) is 11.5. The van der Waals surface area contributed by atoms with E-state index in [1.807, 2.05) is 6.07 Å². The van der Waals surface area contributed by atoms with Gasteiger partial charge in [0.25, 0.3) is 0 Å². The Morgan fingerprint density at radius 3 is 2.74 bits per heavy atom. The summed E-state index contributed by atoms with van der Waals surface area (Å²) < 4.78 is 0. The van der Waals surface area contributed by atoms with Crippen LogP contribution in [0.1, 0.15) is 66.0 Å². The molecule has 0 spiro atoms. The Hall–Kier alpha value is -2.59. The summed E-state index contributed by atoms with van der Waals surface area (Å²) in [7, 11) is 0. The van der Waals surface area contributed by atoms with E-state index in [4.69, 9.17) is 33.9 Å². The van der Waals surface area contributed by atoms with Gasteiger partial charge in [-0.2, -0.15) is 5.26 Å². The van der Waals surface area contributed by atoms with Crippen LogP contribution in [0.3, 0.4) is 0 Å². The van der Waals surface area contributed by atoms with Gasteiger partial charge in [0, 0.05) is 32.6 Å². The highest BCUT2D eigenvalue weighted by Gasteiger charge is 2.45. The van der Waals surface area contributed by atoms with Gasteiger partial charge in [0.15, 0.2) is 11.6 Å². The number of aliphatic imine (C=N–C) groups is 1. The highest BCUT2D eigenvalue weighted by atomic mass is 35.5. The number of nitrogens with zero attached hydrogens (tertiary/aromatic N) is 3. The summed E-state index contributed by atoms with van der Waals surface area (Å²) in [6, 6.07) is 7.58. The molecule has 0 bridgehead atoms. The van der Waals surface area contributed by atoms with Crippen LogP contribution in [0.15, 0.2) is 45.9 Å². The first kappa shape index (κ1) is 21.9. The lowest BCUT2D eigenvalue weighted by atomic mass is 9.75. The van der Waals surface area contributed by atoms with Gasteiger partial charge >= 0.3 is 0 Å². The van der Waals surface area contributed by atoms with Crippen molar-refractivity contribution in [2.24, 2.45) is 10.7 Å². The molecule has 2 aromatic rings. The molecule has 0 fully saturated rings. The third-order valence-corrected chi connectivity index (χ3v) is 9.05. The molecule has 5 nitrogen and oxygen atoms in total. The molecule has 2 aliphatic carbocycles. The van der Waals surface area contributed by atoms with Crippen molar-refractivity contribution in [2.45, 2.75) is 57.3 Å². The summed E-state index contributed by atoms with van der Waals surface area (Å²) >= 11 is 14.5. The maximum absolute atomic E-state index is 13.4. The number of Topliss-reactive ketones (excluding diaryl/α,β-unsaturated/α-hetero) is 1. The smallest absolute Gasteiger partial charge is 0.161 e. The molecule has 1 atom stereocenters. The third kappa shape index (κ3) is 3.18. The number of allylic oxidation sites excluding steroid dienone is 3. The number of fused-ring (bicyclic) bond motifs is 6. The van der Waals surface area contributed by atoms with E-state index in [9.17, 15) is 10.1 Å². The van der Waals surface area contributed by atoms with Crippen molar-refractivity contribution < 1.29 is 4.79 Å². The van der Waals surface area contributed by atoms with Gasteiger partial charge < -0.3 is 5.73 Å². The summed E-state index contributed by atoms with van der Waals surface area (Å²) in [6.07, 6.45) is 7.51. The number of thiophene rings is 1. The third-order valence-electron chi connectivity index (χ3n) is 7.21. The second-order valence-electron chi connectivity index (χ2n) is 9.16. The number of hydrogen-bond donors (Lipinski definition) is 1. The lowest BCUT2D eigenvalue weighted by Gasteiger charge is -2.41. The lowest BCUT2D eigenvalue weighted by molar-refractivity contribution is -0.116. The van der Waals surface area contributed by atoms with Gasteiger partial charge in [-0.25, -0.2) is 4.99 Å². The number of benzene rings is 1. The number of nitriles is 1. The molecule has 2 N–H and O–H groups in total. The zero-order valence-corrected chi connectivity index (χ0v) is 20.8. The van der Waals surface area contributed by atoms with Crippen molar-refractivity contribution in [3.8, 4) is 6.07 Å². The van der Waals surface area contributed by atoms with Crippen LogP contribution in [-0.2, 0) is 17.6 Å². The number of halogens is 2. The molecule has 172 valence electrons. The molecule has 3 heterocycles. The number of aryl methyl sites for hydroxylation is 1. The minimum atomic E-state index is -0.584. The molecule has 1 unspecified atom stereocenters. The molecule has 34 heavy (non-hydrogen) atoms. The maximum Gasteiger partial charge on any atom is 0.161 e. The van der Waals surface area contributed by atoms with Crippen LogP contribution < -0.4 is 10.6 Å². The fraction of sp³-hybridized carbons (Fsp3) is 0.346. The van der Waals surface area contributed by atoms with Crippen LogP contribution in [0.25, 0.3) is 0 Å². The number of hydrogen-bond acceptors (Lipinski definition) is 6. The second-order valence-corrected chi connectivity index (χ2v) is 11.1. The Labute approximate surface area is 212 Å². The normalized spacial score (nSPS) is 21.8. The van der Waals surface area contributed by atoms with E-state index in [-0.39, 0.29) is 5.78 Å². The van der Waals surface area contributed by atoms with Crippen LogP contribution in [0.2, 0.25) is 10.0 Å². The number of rotatable bonds is 1. The summed E-state index contributed by atoms with van der Waals surface area (Å²) in [6.45, 7) is 0. The quantitative estimate of drug-likeness (QED) is 0.452. The first-order valence-electron chi connectivity index (χ1n) is 11.6. The number of carbonyl (C=O) groups is 1. The average Bonchev–Trinajstić information content (AvgIpc) is 3.02. The van der Waals surface area contributed by atoms with Gasteiger partial charge in [-0.1, -0.05) is 35.7 Å². The van der Waals surface area contributed by atoms with Crippen LogP contribution in [-0.4, -0.2) is 11.6 Å². The summed E-state index contributed by atoms with van der Waals surface area (Å²) in [5, 5.41) is 12.3. The van der Waals surface area contributed by atoms with Crippen molar-refractivity contribution in [2.75, 3.05) is 4.90 Å². The number of ketones is 1. The van der Waals surface area contributed by atoms with Gasteiger partial charge in [-0.15, -0.1) is 11.3 Å². The van der Waals surface area contributed by atoms with Gasteiger partial charge in [-0.3, -0.25) is 9.69 Å². The van der Waals surface area contributed by atoms with E-state index < -0.39 is 5.92 Å². The van der Waals surface area contributed by atoms with Crippen molar-refractivity contribution >= 4 is 51.2 Å². The minimum Gasteiger partial charge on any atom is -0.383 e. The van der Waals surface area contributed by atoms with Crippen LogP contribution in [0, 0.1) is 11.3 Å². The molecule has 4 aliphatic rings. The topological polar surface area (TPSA) is 82.5 Å². The van der Waals surface area contributed by atoms with Crippen molar-refractivity contribution in [3.63, 3.8) is 0 Å². The molecule has 6 rings (SSSR count). The van der Waals surface area contributed by atoms with E-state index in [0.29, 0.717) is 44.8 Å². The van der Waals surface area contributed by atoms with Crippen LogP contribution in [0.5, 0.6) is 0 Å². The number of anilines is 1. The molecule has 2 aliphatic heterocycles. The van der Waals surface area contributed by atoms with Crippen molar-refractivity contribution in [3.05, 3.63) is 72.5 Å². The first-order valence-corrected chi connectivity index (χ1v) is 13.2. The molecule has 0 radical (unpaired) electrons. The number of amidine groups is 1. The van der Waals surface area contributed by atoms with E-state index in [2.05, 4.69) is 11.0 Å². The molecule has 0 saturated heterocycles. The highest BCUT2D eigenvalue weighted by Crippen LogP contribution is 2.53. The predicted octanol–water partition coefficient (Wildman–Crippen LogP) is 6.39. The Morgan fingerprint density at radius 1 is 1.12 bits per heavy atom. The van der Waals surface area contributed by atoms with Crippen molar-refractivity contribution in [1.29, 1.82) is 5.26 Å². The maximum atomic E-state index is 13.4. The Bertz CT molecular complexity index is 1390. The molecular weight excluding hydrogens is 487 g/mol. The Morgan fingerprint density at radius 2 is 1.94 bits per heavy atom. The van der Waals surface area contributed by atoms with E-state index in [1.54, 1.807) is 23.5 Å². The molecule has 0 amide bonds. The molecular formula is C26H22Cl2N4OS. The monoisotopic (exact) mass is 508 g/mol. The zero-order valence-electron chi connectivity index (χ0n) is 18.5. The van der Waals surface area contributed by atoms with Gasteiger partial charge in [0.1, 0.15) is 10.8 Å². The fourth-order valence-electron chi connectivity index (χ4n) is 5.74. The second kappa shape index (κ2) is 8.27. The van der Waals surface area contributed by atoms with Gasteiger partial charge in [0.2, 0.25) is 0 Å². The molecule has 1 aromatic carbocycles. The molecule has 0 saturated carbocycles. The molecule has 8 heteroatoms. The summed E-state index contributed by atoms with van der Waals surface area (Å²) in [4.78, 5) is 21.6. The van der Waals surface area contributed by atoms with E-state index in [1.165, 1.54) is 23.3 Å². The van der Waals surface area contributed by atoms with E-state index in [0.717, 1.165) is 48.4 Å². The summed E-state index contributed by atoms with van der Waals surface area (Å²) in [5.74, 6) is 0.458. The highest BCUT2D eigenvalue weighted by molar-refractivity contribution is 7.17. The van der Waals surface area contributed by atoms with Gasteiger partial charge in [0.05, 0.1) is 23.1 Å². The van der Waals surface area contributed by atoms with Crippen LogP contribution in [0.4, 0.5) is 5.00 Å². The van der Waals surface area contributed by atoms with Crippen molar-refractivity contribution in [1.82, 2.24) is 0 Å². The van der Waals surface area contributed by atoms with Crippen LogP contribution >= 0.6 is 34.5 Å². The standard InChI is InChI=1S/C26H22Cl2N4OS/c27-13-9-10-14(17(28)11-13)21-16(12-29)25-31-24(30)22-15-5-2-1-3-8-20(15)34-26(22)32(25)18-6-4-7-19(33)23(18)21/h9-11,21H,1-8H2,(H2,30,31). The Kier molecular flexibility index (Phi) is 5.33. The van der Waals surface area contributed by atoms with E-state index >= 15 is 0 Å². The average molecular weight is 509 g/mol. The first-order chi connectivity index (χ1) is 16.5. The zero-order chi connectivity index (χ0) is 23.6. The molecule has 1 aromatic heterocycles. The van der Waals surface area contributed by atoms with Gasteiger partial charge in [-0.05, 0) is 61.8 Å². The number of nitrogens with two attached hydrogens (primary N) is 1. The minimum absolute atomic E-state index is 0.0614. The Balaban J connectivity index is 1.64. The largest absolute Gasteiger partial charge is 0.383 e. The SMILES string of the molecule is N#CC1=C2N=C(N)c3c(sc4c3CCCCC4)N2C2=C(C(=O)CCC2)C1c1ccc(Cl)cc1Cl. The predicted molar refractivity (Wildman–Crippen MR) is 137 cm³/mol. The lowest BCUT2D eigenvalue weighted by Crippen LogP contribution is -2.38. The number of carbonyl (C=O) groups excluding carboxylic acids is 1.